The van der Waals surface area contributed by atoms with E-state index in [1.807, 2.05) is 0 Å². The van der Waals surface area contributed by atoms with Gasteiger partial charge < -0.3 is 14.9 Å². The summed E-state index contributed by atoms with van der Waals surface area (Å²) in [5, 5.41) is 19.8. The zero-order chi connectivity index (χ0) is 20.3. The number of aliphatic hydroxyl groups is 2. The molecule has 0 amide bonds. The molecule has 0 heterocycles. The number of ketones is 1. The minimum atomic E-state index is -0.352. The summed E-state index contributed by atoms with van der Waals surface area (Å²) < 4.78 is 5.84. The molecule has 4 rings (SSSR count). The Morgan fingerprint density at radius 2 is 1.64 bits per heavy atom. The van der Waals surface area contributed by atoms with Gasteiger partial charge in [0, 0.05) is 18.8 Å². The molecule has 0 saturated heterocycles. The van der Waals surface area contributed by atoms with E-state index < -0.39 is 0 Å². The number of fused-ring (bicyclic) bond motifs is 5. The Morgan fingerprint density at radius 3 is 2.32 bits per heavy atom. The van der Waals surface area contributed by atoms with E-state index in [0.717, 1.165) is 51.4 Å². The highest BCUT2D eigenvalue weighted by Crippen LogP contribution is 2.67. The van der Waals surface area contributed by atoms with Crippen LogP contribution in [0.15, 0.2) is 0 Å². The lowest BCUT2D eigenvalue weighted by Gasteiger charge is -2.62. The second-order valence-corrected chi connectivity index (χ2v) is 10.6. The van der Waals surface area contributed by atoms with Crippen LogP contribution in [0.3, 0.4) is 0 Å². The lowest BCUT2D eigenvalue weighted by molar-refractivity contribution is -0.191. The van der Waals surface area contributed by atoms with E-state index in [0.29, 0.717) is 17.8 Å². The van der Waals surface area contributed by atoms with Gasteiger partial charge in [0.2, 0.25) is 0 Å². The molecule has 4 aliphatic carbocycles. The molecule has 4 saturated carbocycles. The third-order valence-electron chi connectivity index (χ3n) is 9.49. The minimum Gasteiger partial charge on any atom is -0.462 e. The molecule has 0 spiro atoms. The van der Waals surface area contributed by atoms with Crippen molar-refractivity contribution < 1.29 is 24.5 Å². The minimum absolute atomic E-state index is 0.000623. The molecular formula is C23H36O5. The van der Waals surface area contributed by atoms with Gasteiger partial charge in [-0.1, -0.05) is 13.8 Å². The van der Waals surface area contributed by atoms with Crippen LogP contribution in [0, 0.1) is 40.4 Å². The lowest BCUT2D eigenvalue weighted by atomic mass is 9.44. The molecule has 9 unspecified atom stereocenters. The summed E-state index contributed by atoms with van der Waals surface area (Å²) in [6, 6.07) is 0. The fourth-order valence-corrected chi connectivity index (χ4v) is 8.23. The summed E-state index contributed by atoms with van der Waals surface area (Å²) >= 11 is 0. The van der Waals surface area contributed by atoms with Crippen molar-refractivity contribution >= 4 is 11.8 Å². The average molecular weight is 393 g/mol. The first-order chi connectivity index (χ1) is 13.2. The number of esters is 1. The number of hydrogen-bond acceptors (Lipinski definition) is 5. The van der Waals surface area contributed by atoms with Crippen molar-refractivity contribution in [3.63, 3.8) is 0 Å². The van der Waals surface area contributed by atoms with Crippen LogP contribution in [0.4, 0.5) is 0 Å². The Morgan fingerprint density at radius 1 is 0.964 bits per heavy atom. The van der Waals surface area contributed by atoms with Gasteiger partial charge in [-0.15, -0.1) is 0 Å². The van der Waals surface area contributed by atoms with Crippen LogP contribution in [0.5, 0.6) is 0 Å². The standard InChI is InChI=1S/C23H36O5/c1-13(25)28-21-11-15-16-4-5-18(20(27)12-24)22(16,2)9-7-17(15)23(3)8-6-14(26)10-19(21)23/h14-19,21,24,26H,4-12H2,1-3H3. The van der Waals surface area contributed by atoms with Crippen molar-refractivity contribution in [2.45, 2.75) is 84.3 Å². The molecule has 0 aromatic heterocycles. The molecule has 158 valence electrons. The first-order valence-electron chi connectivity index (χ1n) is 11.2. The van der Waals surface area contributed by atoms with Crippen molar-refractivity contribution in [2.75, 3.05) is 6.61 Å². The normalized spacial score (nSPS) is 50.2. The van der Waals surface area contributed by atoms with Crippen molar-refractivity contribution in [1.82, 2.24) is 0 Å². The Balaban J connectivity index is 1.67. The largest absolute Gasteiger partial charge is 0.462 e. The Bertz CT molecular complexity index is 647. The van der Waals surface area contributed by atoms with E-state index in [2.05, 4.69) is 13.8 Å². The Labute approximate surface area is 168 Å². The van der Waals surface area contributed by atoms with Gasteiger partial charge in [0.25, 0.3) is 0 Å². The molecule has 9 atom stereocenters. The van der Waals surface area contributed by atoms with E-state index in [1.54, 1.807) is 0 Å². The molecule has 4 fully saturated rings. The van der Waals surface area contributed by atoms with Gasteiger partial charge in [-0.05, 0) is 80.0 Å². The fourth-order valence-electron chi connectivity index (χ4n) is 8.23. The number of carbonyl (C=O) groups excluding carboxylic acids is 2. The maximum absolute atomic E-state index is 12.4. The summed E-state index contributed by atoms with van der Waals surface area (Å²) in [6.07, 6.45) is 7.03. The zero-order valence-electron chi connectivity index (χ0n) is 17.5. The molecule has 28 heavy (non-hydrogen) atoms. The third-order valence-corrected chi connectivity index (χ3v) is 9.49. The predicted molar refractivity (Wildman–Crippen MR) is 104 cm³/mol. The quantitative estimate of drug-likeness (QED) is 0.721. The van der Waals surface area contributed by atoms with Gasteiger partial charge in [-0.2, -0.15) is 0 Å². The number of Topliss-reactive ketones (excluding diaryl/α,β-unsaturated/α-hetero) is 1. The maximum atomic E-state index is 12.4. The molecular weight excluding hydrogens is 356 g/mol. The van der Waals surface area contributed by atoms with Gasteiger partial charge in [-0.25, -0.2) is 0 Å². The van der Waals surface area contributed by atoms with Crippen LogP contribution in [-0.4, -0.2) is 40.8 Å². The van der Waals surface area contributed by atoms with Gasteiger partial charge in [0.05, 0.1) is 6.10 Å². The number of carbonyl (C=O) groups is 2. The smallest absolute Gasteiger partial charge is 0.302 e. The average Bonchev–Trinajstić information content (AvgIpc) is 2.99. The first kappa shape index (κ1) is 20.3. The van der Waals surface area contributed by atoms with Crippen LogP contribution in [0.2, 0.25) is 0 Å². The molecule has 4 aliphatic rings. The molecule has 2 N–H and O–H groups in total. The summed E-state index contributed by atoms with van der Waals surface area (Å²) in [4.78, 5) is 24.3. The van der Waals surface area contributed by atoms with E-state index >= 15 is 0 Å². The van der Waals surface area contributed by atoms with Crippen LogP contribution in [0.25, 0.3) is 0 Å². The van der Waals surface area contributed by atoms with Crippen LogP contribution in [0.1, 0.15) is 72.1 Å². The predicted octanol–water partition coefficient (Wildman–Crippen LogP) is 3.11. The van der Waals surface area contributed by atoms with Crippen LogP contribution < -0.4 is 0 Å². The highest BCUT2D eigenvalue weighted by atomic mass is 16.5. The topological polar surface area (TPSA) is 83.8 Å². The molecule has 5 nitrogen and oxygen atoms in total. The zero-order valence-corrected chi connectivity index (χ0v) is 17.5. The first-order valence-corrected chi connectivity index (χ1v) is 11.2. The summed E-state index contributed by atoms with van der Waals surface area (Å²) in [6.45, 7) is 5.76. The highest BCUT2D eigenvalue weighted by Gasteiger charge is 2.63. The lowest BCUT2D eigenvalue weighted by Crippen LogP contribution is -2.59. The molecule has 0 aromatic carbocycles. The van der Waals surface area contributed by atoms with E-state index in [1.165, 1.54) is 6.92 Å². The number of aliphatic hydroxyl groups excluding tert-OH is 2. The van der Waals surface area contributed by atoms with Crippen molar-refractivity contribution in [1.29, 1.82) is 0 Å². The maximum Gasteiger partial charge on any atom is 0.302 e. The molecule has 0 radical (unpaired) electrons. The van der Waals surface area contributed by atoms with Gasteiger partial charge in [-0.3, -0.25) is 9.59 Å². The fraction of sp³-hybridized carbons (Fsp3) is 0.913. The van der Waals surface area contributed by atoms with Crippen LogP contribution in [-0.2, 0) is 14.3 Å². The number of rotatable bonds is 3. The second-order valence-electron chi connectivity index (χ2n) is 10.6. The summed E-state index contributed by atoms with van der Waals surface area (Å²) in [7, 11) is 0. The van der Waals surface area contributed by atoms with Crippen molar-refractivity contribution in [3.05, 3.63) is 0 Å². The monoisotopic (exact) mass is 392 g/mol. The van der Waals surface area contributed by atoms with Crippen molar-refractivity contribution in [2.24, 2.45) is 40.4 Å². The Hall–Kier alpha value is -0.940. The van der Waals surface area contributed by atoms with E-state index in [-0.39, 0.29) is 53.2 Å². The SMILES string of the molecule is CC(=O)OC1CC2C3CCC(C(=O)CO)C3(C)CCC2C2(C)CCC(O)CC12. The third kappa shape index (κ3) is 2.96. The number of ether oxygens (including phenoxy) is 1. The van der Waals surface area contributed by atoms with Gasteiger partial charge in [0.15, 0.2) is 5.78 Å². The van der Waals surface area contributed by atoms with Gasteiger partial charge in [0.1, 0.15) is 12.7 Å². The highest BCUT2D eigenvalue weighted by molar-refractivity contribution is 5.83. The van der Waals surface area contributed by atoms with E-state index in [4.69, 9.17) is 4.74 Å². The summed E-state index contributed by atoms with van der Waals surface area (Å²) in [5.41, 5.74) is 0.0435. The molecule has 0 aromatic rings. The van der Waals surface area contributed by atoms with Gasteiger partial charge >= 0.3 is 5.97 Å². The van der Waals surface area contributed by atoms with Crippen molar-refractivity contribution in [3.8, 4) is 0 Å². The number of hydrogen-bond donors (Lipinski definition) is 2. The van der Waals surface area contributed by atoms with E-state index in [9.17, 15) is 19.8 Å². The second kappa shape index (κ2) is 7.09. The molecule has 5 heteroatoms. The molecule has 0 bridgehead atoms. The van der Waals surface area contributed by atoms with Crippen LogP contribution >= 0.6 is 0 Å². The molecule has 0 aliphatic heterocycles. The summed E-state index contributed by atoms with van der Waals surface area (Å²) in [5.74, 6) is 1.43. The Kier molecular flexibility index (Phi) is 5.15.